The van der Waals surface area contributed by atoms with Crippen LogP contribution in [0.1, 0.15) is 47.9 Å². The Bertz CT molecular complexity index is 1250. The minimum absolute atomic E-state index is 0.0710. The highest BCUT2D eigenvalue weighted by Crippen LogP contribution is 2.33. The highest BCUT2D eigenvalue weighted by atomic mass is 35.5. The van der Waals surface area contributed by atoms with Crippen molar-refractivity contribution in [2.75, 3.05) is 19.7 Å². The topological polar surface area (TPSA) is 104 Å². The number of imidazole rings is 1. The fourth-order valence-electron chi connectivity index (χ4n) is 4.52. The number of hydrogen-bond donors (Lipinski definition) is 2. The lowest BCUT2D eigenvalue weighted by Gasteiger charge is -2.23. The van der Waals surface area contributed by atoms with Crippen molar-refractivity contribution in [1.82, 2.24) is 19.6 Å². The summed E-state index contributed by atoms with van der Waals surface area (Å²) in [6.07, 6.45) is 3.21. The highest BCUT2D eigenvalue weighted by Gasteiger charge is 2.33. The zero-order valence-corrected chi connectivity index (χ0v) is 19.5. The lowest BCUT2D eigenvalue weighted by atomic mass is 10.1. The van der Waals surface area contributed by atoms with E-state index in [1.807, 2.05) is 24.3 Å². The first-order valence-electron chi connectivity index (χ1n) is 11.1. The summed E-state index contributed by atoms with van der Waals surface area (Å²) in [5.41, 5.74) is 2.05. The van der Waals surface area contributed by atoms with Gasteiger partial charge in [-0.1, -0.05) is 23.7 Å². The van der Waals surface area contributed by atoms with Gasteiger partial charge in [0, 0.05) is 25.3 Å². The minimum atomic E-state index is -3.89. The van der Waals surface area contributed by atoms with Gasteiger partial charge in [0.25, 0.3) is 5.91 Å². The Morgan fingerprint density at radius 2 is 2.06 bits per heavy atom. The number of amides is 1. The molecule has 33 heavy (non-hydrogen) atoms. The maximum atomic E-state index is 13.4. The van der Waals surface area contributed by atoms with Crippen LogP contribution in [0.3, 0.4) is 0 Å². The van der Waals surface area contributed by atoms with Crippen LogP contribution in [0.25, 0.3) is 11.0 Å². The second-order valence-corrected chi connectivity index (χ2v) is 10.6. The van der Waals surface area contributed by atoms with Crippen molar-refractivity contribution in [3.8, 4) is 0 Å². The largest absolute Gasteiger partial charge is 0.377 e. The second kappa shape index (κ2) is 9.06. The van der Waals surface area contributed by atoms with Crippen LogP contribution in [-0.4, -0.2) is 55.0 Å². The number of benzene rings is 2. The van der Waals surface area contributed by atoms with E-state index >= 15 is 0 Å². The lowest BCUT2D eigenvalue weighted by molar-refractivity contribution is 0.0730. The maximum Gasteiger partial charge on any atom is 0.254 e. The smallest absolute Gasteiger partial charge is 0.254 e. The number of fused-ring (bicyclic) bond motifs is 1. The van der Waals surface area contributed by atoms with Gasteiger partial charge < -0.3 is 14.6 Å². The highest BCUT2D eigenvalue weighted by molar-refractivity contribution is 7.89. The van der Waals surface area contributed by atoms with Gasteiger partial charge in [-0.25, -0.2) is 18.1 Å². The summed E-state index contributed by atoms with van der Waals surface area (Å²) in [4.78, 5) is 23.0. The molecule has 2 N–H and O–H groups in total. The summed E-state index contributed by atoms with van der Waals surface area (Å²) in [7, 11) is -3.89. The van der Waals surface area contributed by atoms with Crippen LogP contribution in [0.2, 0.25) is 5.02 Å². The number of nitrogens with one attached hydrogen (secondary N) is 2. The van der Waals surface area contributed by atoms with Crippen molar-refractivity contribution < 1.29 is 17.9 Å². The summed E-state index contributed by atoms with van der Waals surface area (Å²) in [5, 5.41) is 0.0710. The molecule has 1 amide bonds. The fourth-order valence-corrected chi connectivity index (χ4v) is 6.11. The zero-order chi connectivity index (χ0) is 23.0. The average Bonchev–Trinajstić information content (AvgIpc) is 3.57. The fraction of sp³-hybridized carbons (Fsp3) is 0.391. The van der Waals surface area contributed by atoms with E-state index in [0.29, 0.717) is 13.2 Å². The predicted octanol–water partition coefficient (Wildman–Crippen LogP) is 3.65. The summed E-state index contributed by atoms with van der Waals surface area (Å²) in [6, 6.07) is 11.9. The monoisotopic (exact) mass is 488 g/mol. The van der Waals surface area contributed by atoms with Crippen LogP contribution in [-0.2, 0) is 14.8 Å². The molecule has 2 aliphatic heterocycles. The van der Waals surface area contributed by atoms with Crippen molar-refractivity contribution in [1.29, 1.82) is 0 Å². The van der Waals surface area contributed by atoms with Gasteiger partial charge in [0.1, 0.15) is 10.7 Å². The number of nitrogens with zero attached hydrogens (tertiary/aromatic N) is 2. The molecule has 3 aromatic rings. The molecule has 2 aliphatic rings. The molecule has 2 atom stereocenters. The third-order valence-electron chi connectivity index (χ3n) is 6.23. The van der Waals surface area contributed by atoms with Crippen LogP contribution in [0.5, 0.6) is 0 Å². The van der Waals surface area contributed by atoms with Gasteiger partial charge >= 0.3 is 0 Å². The van der Waals surface area contributed by atoms with Crippen molar-refractivity contribution >= 4 is 38.6 Å². The third kappa shape index (κ3) is 4.50. The molecule has 174 valence electrons. The molecular formula is C23H25ClN4O4S. The van der Waals surface area contributed by atoms with Gasteiger partial charge in [-0.05, 0) is 56.0 Å². The number of carbonyl (C=O) groups excluding carboxylic acids is 1. The number of aromatic nitrogens is 2. The Labute approximate surface area is 197 Å². The first-order valence-corrected chi connectivity index (χ1v) is 12.9. The molecule has 0 radical (unpaired) electrons. The van der Waals surface area contributed by atoms with Crippen LogP contribution < -0.4 is 4.72 Å². The van der Waals surface area contributed by atoms with Gasteiger partial charge in [0.15, 0.2) is 0 Å². The number of para-hydroxylation sites is 2. The lowest BCUT2D eigenvalue weighted by Crippen LogP contribution is -2.33. The Kier molecular flexibility index (Phi) is 6.13. The van der Waals surface area contributed by atoms with Crippen LogP contribution in [0.4, 0.5) is 0 Å². The van der Waals surface area contributed by atoms with E-state index in [9.17, 15) is 13.2 Å². The molecule has 2 fully saturated rings. The number of likely N-dealkylation sites (tertiary alicyclic amines) is 1. The summed E-state index contributed by atoms with van der Waals surface area (Å²) < 4.78 is 33.9. The number of sulfonamides is 1. The molecule has 0 spiro atoms. The van der Waals surface area contributed by atoms with E-state index in [1.165, 1.54) is 12.1 Å². The van der Waals surface area contributed by atoms with Crippen molar-refractivity contribution in [3.63, 3.8) is 0 Å². The van der Waals surface area contributed by atoms with Gasteiger partial charge in [-0.3, -0.25) is 4.79 Å². The normalized spacial score (nSPS) is 21.2. The summed E-state index contributed by atoms with van der Waals surface area (Å²) in [5.74, 6) is 0.493. The summed E-state index contributed by atoms with van der Waals surface area (Å²) >= 11 is 6.22. The Balaban J connectivity index is 1.38. The Morgan fingerprint density at radius 1 is 1.21 bits per heavy atom. The van der Waals surface area contributed by atoms with Gasteiger partial charge in [0.05, 0.1) is 28.2 Å². The van der Waals surface area contributed by atoms with Crippen LogP contribution in [0.15, 0.2) is 47.4 Å². The average molecular weight is 489 g/mol. The maximum absolute atomic E-state index is 13.4. The Morgan fingerprint density at radius 3 is 2.85 bits per heavy atom. The van der Waals surface area contributed by atoms with E-state index in [-0.39, 0.29) is 40.1 Å². The quantitative estimate of drug-likeness (QED) is 0.551. The Hall–Kier alpha value is -2.46. The molecule has 8 nitrogen and oxygen atoms in total. The van der Waals surface area contributed by atoms with E-state index in [4.69, 9.17) is 16.3 Å². The third-order valence-corrected chi connectivity index (χ3v) is 8.13. The minimum Gasteiger partial charge on any atom is -0.377 e. The number of carbonyl (C=O) groups is 1. The number of rotatable bonds is 6. The molecule has 10 heteroatoms. The van der Waals surface area contributed by atoms with Gasteiger partial charge in [-0.15, -0.1) is 0 Å². The van der Waals surface area contributed by atoms with Gasteiger partial charge in [0.2, 0.25) is 10.0 Å². The molecule has 2 aromatic carbocycles. The van der Waals surface area contributed by atoms with E-state index in [2.05, 4.69) is 14.7 Å². The molecule has 0 bridgehead atoms. The number of aromatic amines is 1. The molecule has 1 aromatic heterocycles. The number of H-pyrrole nitrogens is 1. The SMILES string of the molecule is O=C(c1ccc(Cl)c(S(=O)(=O)NC[C@@H]2CCCO2)c1)N1CCC[C@@H]1c1nc2ccccc2[nH]1. The second-order valence-electron chi connectivity index (χ2n) is 8.43. The molecule has 2 saturated heterocycles. The van der Waals surface area contributed by atoms with Crippen LogP contribution >= 0.6 is 11.6 Å². The first kappa shape index (κ1) is 22.3. The van der Waals surface area contributed by atoms with Crippen molar-refractivity contribution in [2.45, 2.75) is 42.7 Å². The number of halogens is 1. The molecule has 0 unspecified atom stereocenters. The standard InChI is InChI=1S/C23H25ClN4O4S/c24-17-10-9-15(13-21(17)33(30,31)25-14-16-5-4-12-32-16)23(29)28-11-3-8-20(28)22-26-18-6-1-2-7-19(18)27-22/h1-2,6-7,9-10,13,16,20,25H,3-5,8,11-12,14H2,(H,26,27)/t16-,20+/m0/s1. The van der Waals surface area contributed by atoms with Gasteiger partial charge in [-0.2, -0.15) is 0 Å². The van der Waals surface area contributed by atoms with E-state index in [0.717, 1.165) is 42.5 Å². The predicted molar refractivity (Wildman–Crippen MR) is 125 cm³/mol. The van der Waals surface area contributed by atoms with Crippen molar-refractivity contribution in [3.05, 3.63) is 58.9 Å². The molecule has 3 heterocycles. The summed E-state index contributed by atoms with van der Waals surface area (Å²) in [6.45, 7) is 1.39. The zero-order valence-electron chi connectivity index (χ0n) is 18.0. The number of hydrogen-bond acceptors (Lipinski definition) is 5. The molecule has 5 rings (SSSR count). The van der Waals surface area contributed by atoms with E-state index in [1.54, 1.807) is 11.0 Å². The van der Waals surface area contributed by atoms with E-state index < -0.39 is 10.0 Å². The van der Waals surface area contributed by atoms with Crippen LogP contribution in [0, 0.1) is 0 Å². The number of ether oxygens (including phenoxy) is 1. The molecular weight excluding hydrogens is 464 g/mol. The van der Waals surface area contributed by atoms with Crippen molar-refractivity contribution in [2.24, 2.45) is 0 Å². The first-order chi connectivity index (χ1) is 15.9. The molecule has 0 saturated carbocycles. The molecule has 0 aliphatic carbocycles.